The molecule has 0 fully saturated rings. The lowest BCUT2D eigenvalue weighted by Crippen LogP contribution is -2.11. The second-order valence-corrected chi connectivity index (χ2v) is 5.63. The average Bonchev–Trinajstić information content (AvgIpc) is 2.49. The van der Waals surface area contributed by atoms with Crippen LogP contribution in [0.4, 0.5) is 5.69 Å². The van der Waals surface area contributed by atoms with Crippen LogP contribution in [-0.2, 0) is 6.42 Å². The van der Waals surface area contributed by atoms with E-state index in [1.165, 1.54) is 18.4 Å². The van der Waals surface area contributed by atoms with Gasteiger partial charge in [0.25, 0.3) is 5.91 Å². The summed E-state index contributed by atoms with van der Waals surface area (Å²) >= 11 is 6.05. The van der Waals surface area contributed by atoms with Gasteiger partial charge in [0.2, 0.25) is 0 Å². The number of benzene rings is 2. The number of carbonyl (C=O) groups is 1. The minimum Gasteiger partial charge on any atom is -0.322 e. The van der Waals surface area contributed by atoms with Crippen molar-refractivity contribution < 1.29 is 4.79 Å². The molecule has 1 amide bonds. The van der Waals surface area contributed by atoms with Crippen LogP contribution in [0.5, 0.6) is 0 Å². The van der Waals surface area contributed by atoms with E-state index in [-0.39, 0.29) is 5.91 Å². The third-order valence-corrected chi connectivity index (χ3v) is 3.87. The van der Waals surface area contributed by atoms with E-state index in [4.69, 9.17) is 11.6 Å². The van der Waals surface area contributed by atoms with E-state index in [0.29, 0.717) is 10.6 Å². The van der Waals surface area contributed by atoms with Crippen LogP contribution in [0, 0.1) is 6.92 Å². The zero-order valence-electron chi connectivity index (χ0n) is 12.4. The van der Waals surface area contributed by atoms with E-state index >= 15 is 0 Å². The predicted molar refractivity (Wildman–Crippen MR) is 89.2 cm³/mol. The van der Waals surface area contributed by atoms with Gasteiger partial charge in [-0.1, -0.05) is 43.1 Å². The molecule has 0 aliphatic rings. The molecule has 0 atom stereocenters. The van der Waals surface area contributed by atoms with Gasteiger partial charge in [-0.3, -0.25) is 4.79 Å². The molecule has 0 saturated carbocycles. The lowest BCUT2D eigenvalue weighted by Gasteiger charge is -2.07. The Morgan fingerprint density at radius 3 is 2.48 bits per heavy atom. The highest BCUT2D eigenvalue weighted by Gasteiger charge is 2.07. The first-order chi connectivity index (χ1) is 10.1. The lowest BCUT2D eigenvalue weighted by atomic mass is 10.1. The molecular formula is C18H20ClNO. The second kappa shape index (κ2) is 7.28. The summed E-state index contributed by atoms with van der Waals surface area (Å²) in [5.41, 5.74) is 3.64. The van der Waals surface area contributed by atoms with Crippen molar-refractivity contribution in [2.45, 2.75) is 33.1 Å². The summed E-state index contributed by atoms with van der Waals surface area (Å²) < 4.78 is 0. The zero-order valence-corrected chi connectivity index (χ0v) is 13.2. The molecule has 0 radical (unpaired) electrons. The predicted octanol–water partition coefficient (Wildman–Crippen LogP) is 5.24. The Morgan fingerprint density at radius 2 is 1.86 bits per heavy atom. The third-order valence-electron chi connectivity index (χ3n) is 3.46. The standard InChI is InChI=1S/C18H20ClNO/c1-3-4-5-14-7-10-16(11-8-14)20-18(21)15-9-6-13(2)17(19)12-15/h6-12H,3-5H2,1-2H3,(H,20,21). The van der Waals surface area contributed by atoms with Crippen LogP contribution in [0.3, 0.4) is 0 Å². The van der Waals surface area contributed by atoms with Gasteiger partial charge < -0.3 is 5.32 Å². The average molecular weight is 302 g/mol. The van der Waals surface area contributed by atoms with Gasteiger partial charge >= 0.3 is 0 Å². The van der Waals surface area contributed by atoms with Crippen molar-refractivity contribution in [2.75, 3.05) is 5.32 Å². The number of nitrogens with one attached hydrogen (secondary N) is 1. The number of unbranched alkanes of at least 4 members (excludes halogenated alkanes) is 1. The molecule has 3 heteroatoms. The number of carbonyl (C=O) groups excluding carboxylic acids is 1. The van der Waals surface area contributed by atoms with Gasteiger partial charge in [0, 0.05) is 16.3 Å². The minimum atomic E-state index is -0.141. The molecule has 0 heterocycles. The zero-order chi connectivity index (χ0) is 15.2. The smallest absolute Gasteiger partial charge is 0.255 e. The van der Waals surface area contributed by atoms with Crippen molar-refractivity contribution >= 4 is 23.2 Å². The molecule has 2 aromatic carbocycles. The van der Waals surface area contributed by atoms with Crippen LogP contribution < -0.4 is 5.32 Å². The maximum absolute atomic E-state index is 12.2. The minimum absolute atomic E-state index is 0.141. The maximum atomic E-state index is 12.2. The third kappa shape index (κ3) is 4.33. The van der Waals surface area contributed by atoms with Crippen LogP contribution in [0.1, 0.15) is 41.3 Å². The van der Waals surface area contributed by atoms with Crippen LogP contribution >= 0.6 is 11.6 Å². The number of rotatable bonds is 5. The van der Waals surface area contributed by atoms with Crippen LogP contribution in [-0.4, -0.2) is 5.91 Å². The van der Waals surface area contributed by atoms with Gasteiger partial charge in [-0.15, -0.1) is 0 Å². The molecule has 0 saturated heterocycles. The molecule has 110 valence electrons. The van der Waals surface area contributed by atoms with Crippen LogP contribution in [0.15, 0.2) is 42.5 Å². The SMILES string of the molecule is CCCCc1ccc(NC(=O)c2ccc(C)c(Cl)c2)cc1. The van der Waals surface area contributed by atoms with Crippen LogP contribution in [0.2, 0.25) is 5.02 Å². The van der Waals surface area contributed by atoms with E-state index in [2.05, 4.69) is 24.4 Å². The fraction of sp³-hybridized carbons (Fsp3) is 0.278. The first-order valence-corrected chi connectivity index (χ1v) is 7.64. The van der Waals surface area contributed by atoms with Crippen molar-refractivity contribution in [1.82, 2.24) is 0 Å². The summed E-state index contributed by atoms with van der Waals surface area (Å²) in [6.45, 7) is 4.10. The normalized spacial score (nSPS) is 10.4. The molecule has 0 unspecified atom stereocenters. The first kappa shape index (κ1) is 15.6. The number of halogens is 1. The monoisotopic (exact) mass is 301 g/mol. The van der Waals surface area contributed by atoms with Gasteiger partial charge in [-0.25, -0.2) is 0 Å². The fourth-order valence-electron chi connectivity index (χ4n) is 2.07. The van der Waals surface area contributed by atoms with Crippen molar-refractivity contribution in [3.8, 4) is 0 Å². The topological polar surface area (TPSA) is 29.1 Å². The van der Waals surface area contributed by atoms with Crippen molar-refractivity contribution in [1.29, 1.82) is 0 Å². The largest absolute Gasteiger partial charge is 0.322 e. The molecule has 0 spiro atoms. The van der Waals surface area contributed by atoms with Crippen molar-refractivity contribution in [3.05, 3.63) is 64.2 Å². The molecule has 2 aromatic rings. The Balaban J connectivity index is 2.03. The summed E-state index contributed by atoms with van der Waals surface area (Å²) in [6, 6.07) is 13.3. The highest BCUT2D eigenvalue weighted by molar-refractivity contribution is 6.31. The molecule has 0 aliphatic heterocycles. The second-order valence-electron chi connectivity index (χ2n) is 5.22. The highest BCUT2D eigenvalue weighted by atomic mass is 35.5. The van der Waals surface area contributed by atoms with Crippen molar-refractivity contribution in [2.24, 2.45) is 0 Å². The van der Waals surface area contributed by atoms with Gasteiger partial charge in [-0.2, -0.15) is 0 Å². The summed E-state index contributed by atoms with van der Waals surface area (Å²) in [4.78, 5) is 12.2. The molecule has 0 aliphatic carbocycles. The quantitative estimate of drug-likeness (QED) is 0.803. The van der Waals surface area contributed by atoms with E-state index in [0.717, 1.165) is 17.7 Å². The van der Waals surface area contributed by atoms with Gasteiger partial charge in [-0.05, 0) is 55.2 Å². The van der Waals surface area contributed by atoms with Crippen LogP contribution in [0.25, 0.3) is 0 Å². The Morgan fingerprint density at radius 1 is 1.14 bits per heavy atom. The molecule has 2 rings (SSSR count). The summed E-state index contributed by atoms with van der Waals surface area (Å²) in [5, 5.41) is 3.50. The Bertz CT molecular complexity index is 620. The Kier molecular flexibility index (Phi) is 5.40. The lowest BCUT2D eigenvalue weighted by molar-refractivity contribution is 0.102. The van der Waals surface area contributed by atoms with Gasteiger partial charge in [0.1, 0.15) is 0 Å². The highest BCUT2D eigenvalue weighted by Crippen LogP contribution is 2.18. The van der Waals surface area contributed by atoms with Crippen molar-refractivity contribution in [3.63, 3.8) is 0 Å². The summed E-state index contributed by atoms with van der Waals surface area (Å²) in [5.74, 6) is -0.141. The van der Waals surface area contributed by atoms with E-state index in [9.17, 15) is 4.79 Å². The number of anilines is 1. The molecule has 21 heavy (non-hydrogen) atoms. The number of hydrogen-bond donors (Lipinski definition) is 1. The van der Waals surface area contributed by atoms with E-state index in [1.54, 1.807) is 12.1 Å². The maximum Gasteiger partial charge on any atom is 0.255 e. The number of aryl methyl sites for hydroxylation is 2. The molecule has 0 aromatic heterocycles. The summed E-state index contributed by atoms with van der Waals surface area (Å²) in [7, 11) is 0. The number of hydrogen-bond acceptors (Lipinski definition) is 1. The molecular weight excluding hydrogens is 282 g/mol. The molecule has 0 bridgehead atoms. The van der Waals surface area contributed by atoms with E-state index < -0.39 is 0 Å². The fourth-order valence-corrected chi connectivity index (χ4v) is 2.25. The summed E-state index contributed by atoms with van der Waals surface area (Å²) in [6.07, 6.45) is 3.46. The van der Waals surface area contributed by atoms with Gasteiger partial charge in [0.05, 0.1) is 0 Å². The Hall–Kier alpha value is -1.80. The molecule has 2 nitrogen and oxygen atoms in total. The molecule has 1 N–H and O–H groups in total. The Labute approximate surface area is 131 Å². The van der Waals surface area contributed by atoms with E-state index in [1.807, 2.05) is 25.1 Å². The van der Waals surface area contributed by atoms with Gasteiger partial charge in [0.15, 0.2) is 0 Å². The first-order valence-electron chi connectivity index (χ1n) is 7.26. The number of amides is 1.